The van der Waals surface area contributed by atoms with Crippen molar-refractivity contribution in [3.8, 4) is 0 Å². The van der Waals surface area contributed by atoms with Gasteiger partial charge < -0.3 is 10.6 Å². The van der Waals surface area contributed by atoms with Gasteiger partial charge in [0.1, 0.15) is 0 Å². The number of anilines is 2. The molecule has 2 atom stereocenters. The van der Waals surface area contributed by atoms with Crippen LogP contribution >= 0.6 is 0 Å². The number of hydrogen-bond donors (Lipinski definition) is 2. The van der Waals surface area contributed by atoms with Gasteiger partial charge in [0.15, 0.2) is 0 Å². The maximum Gasteiger partial charge on any atom is 0.241 e. The Hall–Kier alpha value is -3.88. The third-order valence-electron chi connectivity index (χ3n) is 6.67. The zero-order chi connectivity index (χ0) is 25.7. The van der Waals surface area contributed by atoms with Crippen molar-refractivity contribution in [2.45, 2.75) is 25.9 Å². The fourth-order valence-corrected chi connectivity index (χ4v) is 3.99. The second kappa shape index (κ2) is 11.2. The second-order valence-corrected chi connectivity index (χ2v) is 9.05. The highest BCUT2D eigenvalue weighted by Crippen LogP contribution is 2.22. The smallest absolute Gasteiger partial charge is 0.241 e. The van der Waals surface area contributed by atoms with E-state index in [0.717, 1.165) is 21.8 Å². The topological polar surface area (TPSA) is 90.5 Å². The highest BCUT2D eigenvalue weighted by Gasteiger charge is 2.22. The SMILES string of the molecule is C[C@@H](C(=O)Nc1cccc2cccnc12)N(C)CCN(C)[C@@H](C)C(=O)Nc1cccc2cccnc12. The summed E-state index contributed by atoms with van der Waals surface area (Å²) >= 11 is 0. The van der Waals surface area contributed by atoms with E-state index in [0.29, 0.717) is 24.5 Å². The van der Waals surface area contributed by atoms with Gasteiger partial charge in [-0.25, -0.2) is 0 Å². The number of amides is 2. The van der Waals surface area contributed by atoms with Crippen molar-refractivity contribution < 1.29 is 9.59 Å². The number of rotatable bonds is 9. The number of pyridine rings is 2. The maximum absolute atomic E-state index is 12.9. The van der Waals surface area contributed by atoms with Crippen LogP contribution in [-0.4, -0.2) is 70.9 Å². The molecular weight excluding hydrogens is 452 g/mol. The number of likely N-dealkylation sites (N-methyl/N-ethyl adjacent to an activating group) is 2. The van der Waals surface area contributed by atoms with Crippen molar-refractivity contribution in [2.24, 2.45) is 0 Å². The summed E-state index contributed by atoms with van der Waals surface area (Å²) in [5, 5.41) is 7.97. The van der Waals surface area contributed by atoms with Gasteiger partial charge in [-0.3, -0.25) is 29.4 Å². The van der Waals surface area contributed by atoms with E-state index in [9.17, 15) is 9.59 Å². The number of nitrogens with one attached hydrogen (secondary N) is 2. The summed E-state index contributed by atoms with van der Waals surface area (Å²) < 4.78 is 0. The minimum atomic E-state index is -0.358. The average molecular weight is 485 g/mol. The lowest BCUT2D eigenvalue weighted by atomic mass is 10.1. The molecule has 4 aromatic rings. The van der Waals surface area contributed by atoms with Gasteiger partial charge in [0, 0.05) is 36.3 Å². The van der Waals surface area contributed by atoms with Crippen molar-refractivity contribution in [3.63, 3.8) is 0 Å². The molecule has 2 aromatic carbocycles. The van der Waals surface area contributed by atoms with Crippen LogP contribution < -0.4 is 10.6 Å². The Kier molecular flexibility index (Phi) is 7.87. The normalized spacial score (nSPS) is 13.2. The van der Waals surface area contributed by atoms with E-state index >= 15 is 0 Å². The number of para-hydroxylation sites is 2. The Balaban J connectivity index is 1.31. The van der Waals surface area contributed by atoms with Gasteiger partial charge in [0.05, 0.1) is 34.5 Å². The van der Waals surface area contributed by atoms with E-state index in [2.05, 4.69) is 20.6 Å². The van der Waals surface area contributed by atoms with E-state index in [1.165, 1.54) is 0 Å². The largest absolute Gasteiger partial charge is 0.323 e. The predicted octanol–water partition coefficient (Wildman–Crippen LogP) is 4.00. The standard InChI is InChI=1S/C28H32N6O2/c1-19(27(35)31-23-13-5-9-21-11-7-15-29-25(21)23)33(3)17-18-34(4)20(2)28(36)32-24-14-6-10-22-12-8-16-30-26(22)24/h5-16,19-20H,17-18H2,1-4H3,(H,31,35)(H,32,36)/t19-,20-/m0/s1. The first-order valence-corrected chi connectivity index (χ1v) is 12.0. The van der Waals surface area contributed by atoms with Gasteiger partial charge in [-0.2, -0.15) is 0 Å². The lowest BCUT2D eigenvalue weighted by Crippen LogP contribution is -2.46. The molecule has 2 N–H and O–H groups in total. The maximum atomic E-state index is 12.9. The van der Waals surface area contributed by atoms with Crippen LogP contribution in [0.4, 0.5) is 11.4 Å². The van der Waals surface area contributed by atoms with E-state index < -0.39 is 0 Å². The van der Waals surface area contributed by atoms with Gasteiger partial charge in [-0.15, -0.1) is 0 Å². The van der Waals surface area contributed by atoms with Crippen molar-refractivity contribution in [1.82, 2.24) is 19.8 Å². The molecule has 186 valence electrons. The molecule has 0 saturated carbocycles. The molecule has 8 heteroatoms. The number of nitrogens with zero attached hydrogens (tertiary/aromatic N) is 4. The van der Waals surface area contributed by atoms with Crippen LogP contribution in [0, 0.1) is 0 Å². The second-order valence-electron chi connectivity index (χ2n) is 9.05. The van der Waals surface area contributed by atoms with Crippen LogP contribution in [0.1, 0.15) is 13.8 Å². The highest BCUT2D eigenvalue weighted by molar-refractivity contribution is 6.03. The molecule has 0 saturated heterocycles. The molecule has 0 aliphatic heterocycles. The summed E-state index contributed by atoms with van der Waals surface area (Å²) in [4.78, 5) is 38.6. The van der Waals surface area contributed by atoms with E-state index in [1.807, 2.05) is 98.4 Å². The van der Waals surface area contributed by atoms with Crippen LogP contribution in [0.2, 0.25) is 0 Å². The van der Waals surface area contributed by atoms with Gasteiger partial charge in [0.2, 0.25) is 11.8 Å². The quantitative estimate of drug-likeness (QED) is 0.373. The number of carbonyl (C=O) groups excluding carboxylic acids is 2. The van der Waals surface area contributed by atoms with E-state index in [1.54, 1.807) is 12.4 Å². The summed E-state index contributed by atoms with van der Waals surface area (Å²) in [5.74, 6) is -0.208. The van der Waals surface area contributed by atoms with Crippen molar-refractivity contribution in [2.75, 3.05) is 37.8 Å². The summed E-state index contributed by atoms with van der Waals surface area (Å²) in [7, 11) is 3.82. The summed E-state index contributed by atoms with van der Waals surface area (Å²) in [5.41, 5.74) is 2.93. The zero-order valence-corrected chi connectivity index (χ0v) is 21.1. The van der Waals surface area contributed by atoms with Crippen molar-refractivity contribution in [3.05, 3.63) is 73.1 Å². The molecule has 0 unspecified atom stereocenters. The Morgan fingerprint density at radius 2 is 1.08 bits per heavy atom. The lowest BCUT2D eigenvalue weighted by molar-refractivity contribution is -0.122. The monoisotopic (exact) mass is 484 g/mol. The lowest BCUT2D eigenvalue weighted by Gasteiger charge is -2.29. The van der Waals surface area contributed by atoms with Crippen molar-refractivity contribution in [1.29, 1.82) is 0 Å². The third-order valence-corrected chi connectivity index (χ3v) is 6.67. The molecule has 4 rings (SSSR count). The molecule has 0 aliphatic carbocycles. The summed E-state index contributed by atoms with van der Waals surface area (Å²) in [6.07, 6.45) is 3.44. The fraction of sp³-hybridized carbons (Fsp3) is 0.286. The predicted molar refractivity (Wildman–Crippen MR) is 145 cm³/mol. The Bertz CT molecular complexity index is 1260. The van der Waals surface area contributed by atoms with Gasteiger partial charge in [-0.1, -0.05) is 36.4 Å². The van der Waals surface area contributed by atoms with E-state index in [-0.39, 0.29) is 23.9 Å². The zero-order valence-electron chi connectivity index (χ0n) is 21.1. The molecule has 0 bridgehead atoms. The van der Waals surface area contributed by atoms with Crippen LogP contribution in [0.15, 0.2) is 73.1 Å². The first-order valence-electron chi connectivity index (χ1n) is 12.0. The van der Waals surface area contributed by atoms with E-state index in [4.69, 9.17) is 0 Å². The molecule has 36 heavy (non-hydrogen) atoms. The summed E-state index contributed by atoms with van der Waals surface area (Å²) in [6, 6.07) is 18.4. The molecule has 2 aromatic heterocycles. The number of fused-ring (bicyclic) bond motifs is 2. The van der Waals surface area contributed by atoms with Crippen molar-refractivity contribution >= 4 is 45.0 Å². The fourth-order valence-electron chi connectivity index (χ4n) is 3.99. The van der Waals surface area contributed by atoms with Gasteiger partial charge >= 0.3 is 0 Å². The minimum absolute atomic E-state index is 0.104. The molecule has 2 amide bonds. The molecule has 0 fully saturated rings. The van der Waals surface area contributed by atoms with Crippen LogP contribution in [0.25, 0.3) is 21.8 Å². The average Bonchev–Trinajstić information content (AvgIpc) is 2.91. The number of aromatic nitrogens is 2. The number of benzene rings is 2. The van der Waals surface area contributed by atoms with Crippen LogP contribution in [0.5, 0.6) is 0 Å². The molecule has 0 aliphatic rings. The molecule has 2 heterocycles. The number of carbonyl (C=O) groups is 2. The molecule has 0 spiro atoms. The Morgan fingerprint density at radius 3 is 1.50 bits per heavy atom. The van der Waals surface area contributed by atoms with Gasteiger partial charge in [-0.05, 0) is 52.2 Å². The van der Waals surface area contributed by atoms with Crippen LogP contribution in [-0.2, 0) is 9.59 Å². The molecule has 8 nitrogen and oxygen atoms in total. The van der Waals surface area contributed by atoms with Gasteiger partial charge in [0.25, 0.3) is 0 Å². The van der Waals surface area contributed by atoms with Crippen LogP contribution in [0.3, 0.4) is 0 Å². The Labute approximate surface area is 211 Å². The minimum Gasteiger partial charge on any atom is -0.323 e. The molecule has 0 radical (unpaired) electrons. The number of hydrogen-bond acceptors (Lipinski definition) is 6. The Morgan fingerprint density at radius 1 is 0.694 bits per heavy atom. The third kappa shape index (κ3) is 5.67. The highest BCUT2D eigenvalue weighted by atomic mass is 16.2. The first kappa shape index (κ1) is 25.2. The first-order chi connectivity index (χ1) is 17.3. The molecular formula is C28H32N6O2. The summed E-state index contributed by atoms with van der Waals surface area (Å²) in [6.45, 7) is 4.98.